The molecule has 4 heteroatoms. The molecule has 0 unspecified atom stereocenters. The fourth-order valence-corrected chi connectivity index (χ4v) is 1.56. The molecule has 1 N–H and O–H groups in total. The summed E-state index contributed by atoms with van der Waals surface area (Å²) in [7, 11) is 0. The molecule has 2 aromatic heterocycles. The number of aromatic amines is 1. The second-order valence-electron chi connectivity index (χ2n) is 2.75. The number of hydrogen-bond donors (Lipinski definition) is 2. The van der Waals surface area contributed by atoms with Gasteiger partial charge in [0.2, 0.25) is 0 Å². The van der Waals surface area contributed by atoms with E-state index in [1.54, 1.807) is 6.20 Å². The summed E-state index contributed by atoms with van der Waals surface area (Å²) in [4.78, 5) is 4.23. The Morgan fingerprint density at radius 1 is 1.38 bits per heavy atom. The van der Waals surface area contributed by atoms with Gasteiger partial charge in [0, 0.05) is 6.20 Å². The molecule has 0 aliphatic heterocycles. The van der Waals surface area contributed by atoms with Gasteiger partial charge in [-0.1, -0.05) is 6.07 Å². The van der Waals surface area contributed by atoms with Crippen LogP contribution in [0.1, 0.15) is 5.69 Å². The molecule has 2 rings (SSSR count). The number of rotatable bonds is 1. The van der Waals surface area contributed by atoms with Crippen LogP contribution in [0, 0.1) is 6.92 Å². The van der Waals surface area contributed by atoms with Crippen molar-refractivity contribution in [3.8, 4) is 11.3 Å². The zero-order valence-corrected chi connectivity index (χ0v) is 8.05. The summed E-state index contributed by atoms with van der Waals surface area (Å²) in [6, 6.07) is 5.77. The van der Waals surface area contributed by atoms with Crippen LogP contribution in [0.25, 0.3) is 11.3 Å². The lowest BCUT2D eigenvalue weighted by atomic mass is 10.2. The molecule has 2 heterocycles. The van der Waals surface area contributed by atoms with Crippen LogP contribution >= 0.6 is 12.6 Å². The lowest BCUT2D eigenvalue weighted by molar-refractivity contribution is 0.985. The first-order chi connectivity index (χ1) is 6.29. The highest BCUT2D eigenvalue weighted by molar-refractivity contribution is 7.80. The normalized spacial score (nSPS) is 10.3. The van der Waals surface area contributed by atoms with Gasteiger partial charge >= 0.3 is 0 Å². The van der Waals surface area contributed by atoms with E-state index in [4.69, 9.17) is 0 Å². The van der Waals surface area contributed by atoms with Crippen LogP contribution in [0.15, 0.2) is 29.4 Å². The lowest BCUT2D eigenvalue weighted by Gasteiger charge is -1.97. The molecule has 0 aromatic carbocycles. The summed E-state index contributed by atoms with van der Waals surface area (Å²) < 4.78 is 0. The van der Waals surface area contributed by atoms with E-state index < -0.39 is 0 Å². The van der Waals surface area contributed by atoms with Crippen molar-refractivity contribution in [2.24, 2.45) is 0 Å². The number of hydrogen-bond acceptors (Lipinski definition) is 3. The standard InChI is InChI=1S/C9H9N3S/c1-6-8(9(13)12-11-6)7-4-2-3-5-10-7/h2-5H,1H3,(H2,11,12,13). The van der Waals surface area contributed by atoms with Crippen molar-refractivity contribution < 1.29 is 0 Å². The Balaban J connectivity index is 2.59. The maximum absolute atomic E-state index is 4.27. The van der Waals surface area contributed by atoms with Crippen LogP contribution in [-0.2, 0) is 0 Å². The van der Waals surface area contributed by atoms with E-state index in [9.17, 15) is 0 Å². The minimum Gasteiger partial charge on any atom is -0.271 e. The summed E-state index contributed by atoms with van der Waals surface area (Å²) in [5.41, 5.74) is 2.80. The first-order valence-electron chi connectivity index (χ1n) is 3.94. The van der Waals surface area contributed by atoms with Gasteiger partial charge in [0.25, 0.3) is 0 Å². The van der Waals surface area contributed by atoms with Crippen LogP contribution in [0.3, 0.4) is 0 Å². The predicted octanol–water partition coefficient (Wildman–Crippen LogP) is 2.07. The Morgan fingerprint density at radius 2 is 2.23 bits per heavy atom. The molecular weight excluding hydrogens is 182 g/mol. The smallest absolute Gasteiger partial charge is 0.0974 e. The number of thiol groups is 1. The number of aryl methyl sites for hydroxylation is 1. The topological polar surface area (TPSA) is 41.6 Å². The molecular formula is C9H9N3S. The molecule has 0 saturated heterocycles. The minimum atomic E-state index is 0.760. The minimum absolute atomic E-state index is 0.760. The van der Waals surface area contributed by atoms with Crippen molar-refractivity contribution in [3.63, 3.8) is 0 Å². The van der Waals surface area contributed by atoms with Crippen LogP contribution in [0.2, 0.25) is 0 Å². The average Bonchev–Trinajstić information content (AvgIpc) is 2.48. The summed E-state index contributed by atoms with van der Waals surface area (Å²) >= 11 is 4.27. The van der Waals surface area contributed by atoms with Gasteiger partial charge in [-0.15, -0.1) is 12.6 Å². The molecule has 0 aliphatic rings. The number of nitrogens with one attached hydrogen (secondary N) is 1. The zero-order chi connectivity index (χ0) is 9.26. The molecule has 0 radical (unpaired) electrons. The zero-order valence-electron chi connectivity index (χ0n) is 7.15. The summed E-state index contributed by atoms with van der Waals surface area (Å²) in [5.74, 6) is 0. The lowest BCUT2D eigenvalue weighted by Crippen LogP contribution is -1.83. The third-order valence-corrected chi connectivity index (χ3v) is 2.17. The summed E-state index contributed by atoms with van der Waals surface area (Å²) in [6.45, 7) is 1.93. The summed E-state index contributed by atoms with van der Waals surface area (Å²) in [6.07, 6.45) is 1.76. The van der Waals surface area contributed by atoms with Gasteiger partial charge in [-0.3, -0.25) is 10.1 Å². The van der Waals surface area contributed by atoms with Crippen LogP contribution in [0.4, 0.5) is 0 Å². The van der Waals surface area contributed by atoms with Crippen molar-refractivity contribution in [1.82, 2.24) is 15.2 Å². The molecule has 3 nitrogen and oxygen atoms in total. The van der Waals surface area contributed by atoms with Gasteiger partial charge in [-0.25, -0.2) is 0 Å². The van der Waals surface area contributed by atoms with E-state index in [0.29, 0.717) is 0 Å². The number of pyridine rings is 1. The molecule has 0 bridgehead atoms. The third kappa shape index (κ3) is 1.45. The monoisotopic (exact) mass is 191 g/mol. The van der Waals surface area contributed by atoms with E-state index in [0.717, 1.165) is 22.0 Å². The Morgan fingerprint density at radius 3 is 2.77 bits per heavy atom. The van der Waals surface area contributed by atoms with Crippen molar-refractivity contribution in [3.05, 3.63) is 30.1 Å². The first-order valence-corrected chi connectivity index (χ1v) is 4.39. The maximum Gasteiger partial charge on any atom is 0.0974 e. The largest absolute Gasteiger partial charge is 0.271 e. The van der Waals surface area contributed by atoms with Crippen LogP contribution < -0.4 is 0 Å². The van der Waals surface area contributed by atoms with E-state index in [-0.39, 0.29) is 0 Å². The van der Waals surface area contributed by atoms with Crippen molar-refractivity contribution in [1.29, 1.82) is 0 Å². The number of nitrogens with zero attached hydrogens (tertiary/aromatic N) is 2. The fourth-order valence-electron chi connectivity index (χ4n) is 1.24. The molecule has 0 aliphatic carbocycles. The van der Waals surface area contributed by atoms with Gasteiger partial charge < -0.3 is 0 Å². The van der Waals surface area contributed by atoms with Gasteiger partial charge in [0.15, 0.2) is 0 Å². The second kappa shape index (κ2) is 3.22. The van der Waals surface area contributed by atoms with Crippen molar-refractivity contribution >= 4 is 12.6 Å². The molecule has 0 atom stereocenters. The van der Waals surface area contributed by atoms with E-state index in [1.807, 2.05) is 25.1 Å². The molecule has 66 valence electrons. The van der Waals surface area contributed by atoms with Gasteiger partial charge in [0.1, 0.15) is 0 Å². The van der Waals surface area contributed by atoms with Crippen LogP contribution in [-0.4, -0.2) is 15.2 Å². The molecule has 0 amide bonds. The SMILES string of the molecule is Cc1n[nH]c(S)c1-c1ccccn1. The molecule has 0 saturated carbocycles. The van der Waals surface area contributed by atoms with Crippen molar-refractivity contribution in [2.75, 3.05) is 0 Å². The predicted molar refractivity (Wildman–Crippen MR) is 53.8 cm³/mol. The highest BCUT2D eigenvalue weighted by atomic mass is 32.1. The first kappa shape index (κ1) is 8.31. The van der Waals surface area contributed by atoms with Gasteiger partial charge in [0.05, 0.1) is 22.0 Å². The quantitative estimate of drug-likeness (QED) is 0.677. The van der Waals surface area contributed by atoms with E-state index in [1.165, 1.54) is 0 Å². The second-order valence-corrected chi connectivity index (χ2v) is 3.19. The van der Waals surface area contributed by atoms with Crippen LogP contribution in [0.5, 0.6) is 0 Å². The maximum atomic E-state index is 4.27. The van der Waals surface area contributed by atoms with Crippen molar-refractivity contribution in [2.45, 2.75) is 11.9 Å². The van der Waals surface area contributed by atoms with Gasteiger partial charge in [-0.05, 0) is 19.1 Å². The third-order valence-electron chi connectivity index (χ3n) is 1.85. The number of H-pyrrole nitrogens is 1. The number of aromatic nitrogens is 3. The molecule has 0 fully saturated rings. The highest BCUT2D eigenvalue weighted by Gasteiger charge is 2.09. The molecule has 13 heavy (non-hydrogen) atoms. The highest BCUT2D eigenvalue weighted by Crippen LogP contribution is 2.25. The Bertz CT molecular complexity index is 389. The molecule has 2 aromatic rings. The average molecular weight is 191 g/mol. The Kier molecular flexibility index (Phi) is 2.06. The Labute approximate surface area is 81.6 Å². The molecule has 0 spiro atoms. The Hall–Kier alpha value is -1.29. The van der Waals surface area contributed by atoms with E-state index >= 15 is 0 Å². The summed E-state index contributed by atoms with van der Waals surface area (Å²) in [5, 5.41) is 7.62. The fraction of sp³-hybridized carbons (Fsp3) is 0.111. The van der Waals surface area contributed by atoms with Gasteiger partial charge in [-0.2, -0.15) is 5.10 Å². The van der Waals surface area contributed by atoms with E-state index in [2.05, 4.69) is 27.8 Å².